The van der Waals surface area contributed by atoms with Crippen molar-refractivity contribution in [3.05, 3.63) is 59.2 Å². The van der Waals surface area contributed by atoms with E-state index < -0.39 is 23.7 Å². The Morgan fingerprint density at radius 1 is 1.09 bits per heavy atom. The Balaban J connectivity index is 1.82. The van der Waals surface area contributed by atoms with Crippen LogP contribution in [0.25, 0.3) is 0 Å². The monoisotopic (exact) mass is 482 g/mol. The van der Waals surface area contributed by atoms with Crippen LogP contribution in [-0.2, 0) is 32.1 Å². The summed E-state index contributed by atoms with van der Waals surface area (Å²) in [6.45, 7) is 8.10. The number of fused-ring (bicyclic) bond motifs is 1. The molecule has 0 N–H and O–H groups in total. The Labute approximate surface area is 206 Å². The van der Waals surface area contributed by atoms with E-state index in [0.717, 1.165) is 28.1 Å². The molecule has 1 aliphatic heterocycles. The van der Waals surface area contributed by atoms with Crippen LogP contribution in [0.3, 0.4) is 0 Å². The fraction of sp³-hybridized carbons (Fsp3) is 0.444. The highest BCUT2D eigenvalue weighted by Crippen LogP contribution is 2.36. The van der Waals surface area contributed by atoms with E-state index in [2.05, 4.69) is 0 Å². The minimum absolute atomic E-state index is 0.270. The highest BCUT2D eigenvalue weighted by Gasteiger charge is 2.38. The largest absolute Gasteiger partial charge is 0.489 e. The van der Waals surface area contributed by atoms with Gasteiger partial charge in [-0.3, -0.25) is 14.5 Å². The third-order valence-electron chi connectivity index (χ3n) is 5.93. The highest BCUT2D eigenvalue weighted by atomic mass is 16.6. The molecule has 0 bridgehead atoms. The second-order valence-electron chi connectivity index (χ2n) is 9.59. The number of anilines is 1. The van der Waals surface area contributed by atoms with E-state index in [4.69, 9.17) is 14.2 Å². The molecule has 8 heteroatoms. The van der Waals surface area contributed by atoms with Gasteiger partial charge in [-0.25, -0.2) is 4.79 Å². The molecule has 2 aromatic carbocycles. The van der Waals surface area contributed by atoms with E-state index in [9.17, 15) is 14.4 Å². The zero-order chi connectivity index (χ0) is 25.8. The molecule has 1 atom stereocenters. The molecule has 8 nitrogen and oxygen atoms in total. The van der Waals surface area contributed by atoms with Gasteiger partial charge in [0.25, 0.3) is 5.91 Å². The Kier molecular flexibility index (Phi) is 8.04. The molecular weight excluding hydrogens is 448 g/mol. The molecule has 0 saturated heterocycles. The van der Waals surface area contributed by atoms with Crippen molar-refractivity contribution >= 4 is 23.7 Å². The molecule has 0 saturated carbocycles. The quantitative estimate of drug-likeness (QED) is 0.548. The lowest BCUT2D eigenvalue weighted by Crippen LogP contribution is -2.51. The highest BCUT2D eigenvalue weighted by molar-refractivity contribution is 6.02. The van der Waals surface area contributed by atoms with Gasteiger partial charge in [0.05, 0.1) is 13.5 Å². The molecule has 2 aromatic rings. The van der Waals surface area contributed by atoms with E-state index in [1.807, 2.05) is 49.4 Å². The first-order valence-corrected chi connectivity index (χ1v) is 11.6. The molecule has 0 radical (unpaired) electrons. The van der Waals surface area contributed by atoms with Crippen LogP contribution in [0.15, 0.2) is 42.5 Å². The fourth-order valence-corrected chi connectivity index (χ4v) is 4.03. The third kappa shape index (κ3) is 6.32. The first kappa shape index (κ1) is 26.1. The minimum atomic E-state index is -1.06. The summed E-state index contributed by atoms with van der Waals surface area (Å²) < 4.78 is 16.3. The molecule has 0 spiro atoms. The van der Waals surface area contributed by atoms with Gasteiger partial charge in [-0.2, -0.15) is 0 Å². The molecule has 1 heterocycles. The average molecular weight is 483 g/mol. The molecular formula is C27H34N2O6. The number of esters is 1. The van der Waals surface area contributed by atoms with Crippen LogP contribution in [0.1, 0.15) is 43.9 Å². The van der Waals surface area contributed by atoms with Gasteiger partial charge in [0.15, 0.2) is 0 Å². The normalized spacial score (nSPS) is 13.6. The minimum Gasteiger partial charge on any atom is -0.489 e. The summed E-state index contributed by atoms with van der Waals surface area (Å²) in [6.07, 6.45) is -0.301. The van der Waals surface area contributed by atoms with Crippen molar-refractivity contribution in [3.8, 4) is 5.75 Å². The number of rotatable bonds is 7. The number of benzene rings is 2. The third-order valence-corrected chi connectivity index (χ3v) is 5.93. The van der Waals surface area contributed by atoms with Gasteiger partial charge in [-0.05, 0) is 62.9 Å². The Morgan fingerprint density at radius 2 is 1.77 bits per heavy atom. The summed E-state index contributed by atoms with van der Waals surface area (Å²) >= 11 is 0. The van der Waals surface area contributed by atoms with Crippen molar-refractivity contribution in [3.63, 3.8) is 0 Å². The molecule has 188 valence electrons. The molecule has 0 aromatic heterocycles. The van der Waals surface area contributed by atoms with E-state index in [0.29, 0.717) is 19.6 Å². The van der Waals surface area contributed by atoms with Crippen molar-refractivity contribution in [2.45, 2.75) is 58.8 Å². The van der Waals surface area contributed by atoms with Crippen LogP contribution >= 0.6 is 0 Å². The van der Waals surface area contributed by atoms with Crippen LogP contribution in [0.5, 0.6) is 5.75 Å². The van der Waals surface area contributed by atoms with Gasteiger partial charge in [-0.1, -0.05) is 30.3 Å². The second kappa shape index (κ2) is 10.8. The number of nitrogens with zero attached hydrogens (tertiary/aromatic N) is 2. The summed E-state index contributed by atoms with van der Waals surface area (Å²) in [5, 5.41) is 0. The molecule has 3 rings (SSSR count). The van der Waals surface area contributed by atoms with Gasteiger partial charge in [0.2, 0.25) is 0 Å². The molecule has 35 heavy (non-hydrogen) atoms. The SMILES string of the molecule is COC(=O)C[C@H](C(=O)N1CCc2c1ccc(OCc1ccccc1)c2C)N(C)C(=O)OC(C)(C)C. The Bertz CT molecular complexity index is 1080. The summed E-state index contributed by atoms with van der Waals surface area (Å²) in [5.41, 5.74) is 3.07. The smallest absolute Gasteiger partial charge is 0.410 e. The first-order chi connectivity index (χ1) is 16.5. The van der Waals surface area contributed by atoms with Crippen molar-refractivity contribution in [1.29, 1.82) is 0 Å². The number of amides is 2. The van der Waals surface area contributed by atoms with E-state index >= 15 is 0 Å². The number of hydrogen-bond donors (Lipinski definition) is 0. The second-order valence-corrected chi connectivity index (χ2v) is 9.59. The van der Waals surface area contributed by atoms with Crippen LogP contribution in [-0.4, -0.2) is 55.2 Å². The van der Waals surface area contributed by atoms with Gasteiger partial charge in [-0.15, -0.1) is 0 Å². The first-order valence-electron chi connectivity index (χ1n) is 11.6. The predicted octanol–water partition coefficient (Wildman–Crippen LogP) is 4.26. The summed E-state index contributed by atoms with van der Waals surface area (Å²) in [6, 6.07) is 12.6. The zero-order valence-corrected chi connectivity index (χ0v) is 21.3. The van der Waals surface area contributed by atoms with Crippen LogP contribution in [0.4, 0.5) is 10.5 Å². The average Bonchev–Trinajstić information content (AvgIpc) is 3.25. The summed E-state index contributed by atoms with van der Waals surface area (Å²) in [7, 11) is 2.71. The predicted molar refractivity (Wildman–Crippen MR) is 132 cm³/mol. The Hall–Kier alpha value is -3.55. The topological polar surface area (TPSA) is 85.4 Å². The Morgan fingerprint density at radius 3 is 2.40 bits per heavy atom. The maximum Gasteiger partial charge on any atom is 0.410 e. The van der Waals surface area contributed by atoms with Gasteiger partial charge >= 0.3 is 12.1 Å². The van der Waals surface area contributed by atoms with Crippen molar-refractivity contribution < 1.29 is 28.6 Å². The van der Waals surface area contributed by atoms with E-state index in [-0.39, 0.29) is 12.3 Å². The molecule has 0 aliphatic carbocycles. The summed E-state index contributed by atoms with van der Waals surface area (Å²) in [5.74, 6) is -0.183. The number of methoxy groups -OCH3 is 1. The number of hydrogen-bond acceptors (Lipinski definition) is 6. The lowest BCUT2D eigenvalue weighted by Gasteiger charge is -2.32. The van der Waals surface area contributed by atoms with Crippen molar-refractivity contribution in [2.24, 2.45) is 0 Å². The number of carbonyl (C=O) groups is 3. The van der Waals surface area contributed by atoms with E-state index in [1.54, 1.807) is 25.7 Å². The maximum atomic E-state index is 13.6. The van der Waals surface area contributed by atoms with Crippen LogP contribution in [0, 0.1) is 6.92 Å². The van der Waals surface area contributed by atoms with Crippen molar-refractivity contribution in [2.75, 3.05) is 25.6 Å². The molecule has 2 amide bonds. The number of ether oxygens (including phenoxy) is 3. The molecule has 0 unspecified atom stereocenters. The lowest BCUT2D eigenvalue weighted by atomic mass is 10.0. The van der Waals surface area contributed by atoms with Crippen LogP contribution < -0.4 is 9.64 Å². The fourth-order valence-electron chi connectivity index (χ4n) is 4.03. The standard InChI is InChI=1S/C27H34N2O6/c1-18-20-14-15-29(21(20)12-13-23(18)34-17-19-10-8-7-9-11-19)25(31)22(16-24(30)33-6)28(5)26(32)35-27(2,3)4/h7-13,22H,14-17H2,1-6H3/t22-/m1/s1. The lowest BCUT2D eigenvalue weighted by molar-refractivity contribution is -0.144. The number of carbonyl (C=O) groups excluding carboxylic acids is 3. The van der Waals surface area contributed by atoms with Crippen LogP contribution in [0.2, 0.25) is 0 Å². The van der Waals surface area contributed by atoms with Crippen molar-refractivity contribution in [1.82, 2.24) is 4.90 Å². The van der Waals surface area contributed by atoms with Gasteiger partial charge in [0.1, 0.15) is 24.0 Å². The maximum absolute atomic E-state index is 13.6. The van der Waals surface area contributed by atoms with E-state index in [1.165, 1.54) is 19.1 Å². The zero-order valence-electron chi connectivity index (χ0n) is 21.3. The summed E-state index contributed by atoms with van der Waals surface area (Å²) in [4.78, 5) is 41.2. The van der Waals surface area contributed by atoms with Gasteiger partial charge < -0.3 is 19.1 Å². The molecule has 0 fully saturated rings. The molecule has 1 aliphatic rings. The van der Waals surface area contributed by atoms with Gasteiger partial charge in [0, 0.05) is 19.3 Å². The number of likely N-dealkylation sites (N-methyl/N-ethyl adjacent to an activating group) is 1.